The Morgan fingerprint density at radius 3 is 2.35 bits per heavy atom. The topological polar surface area (TPSA) is 6.48 Å². The molecule has 0 N–H and O–H groups in total. The lowest BCUT2D eigenvalue weighted by molar-refractivity contribution is 0.271. The number of aryl methyl sites for hydroxylation is 1. The molecule has 0 aromatic heterocycles. The van der Waals surface area contributed by atoms with E-state index >= 15 is 0 Å². The van der Waals surface area contributed by atoms with Gasteiger partial charge in [0, 0.05) is 36.9 Å². The molecule has 0 bridgehead atoms. The third kappa shape index (κ3) is 2.58. The van der Waals surface area contributed by atoms with Crippen LogP contribution in [0.3, 0.4) is 0 Å². The van der Waals surface area contributed by atoms with E-state index in [9.17, 15) is 0 Å². The van der Waals surface area contributed by atoms with Crippen molar-refractivity contribution in [3.63, 3.8) is 0 Å². The first kappa shape index (κ1) is 12.7. The summed E-state index contributed by atoms with van der Waals surface area (Å²) in [5.41, 5.74) is 3.69. The molecule has 2 nitrogen and oxygen atoms in total. The SMILES string of the molecule is CCN1CCN(c2ccc(C)c(Cl)c2C)CC1. The van der Waals surface area contributed by atoms with Crippen LogP contribution in [0.1, 0.15) is 18.1 Å². The standard InChI is InChI=1S/C14H21ClN2/c1-4-16-7-9-17(10-8-16)13-6-5-11(2)14(15)12(13)3/h5-6H,4,7-10H2,1-3H3. The van der Waals surface area contributed by atoms with Crippen LogP contribution in [-0.2, 0) is 0 Å². The van der Waals surface area contributed by atoms with Crippen molar-refractivity contribution in [1.29, 1.82) is 0 Å². The largest absolute Gasteiger partial charge is 0.369 e. The number of hydrogen-bond donors (Lipinski definition) is 0. The van der Waals surface area contributed by atoms with Crippen molar-refractivity contribution in [1.82, 2.24) is 4.90 Å². The third-order valence-corrected chi connectivity index (χ3v) is 4.29. The summed E-state index contributed by atoms with van der Waals surface area (Å²) in [6.45, 7) is 12.1. The fraction of sp³-hybridized carbons (Fsp3) is 0.571. The Kier molecular flexibility index (Phi) is 3.95. The van der Waals surface area contributed by atoms with E-state index in [0.29, 0.717) is 0 Å². The zero-order valence-corrected chi connectivity index (χ0v) is 11.7. The van der Waals surface area contributed by atoms with Crippen molar-refractivity contribution in [3.8, 4) is 0 Å². The Labute approximate surface area is 109 Å². The lowest BCUT2D eigenvalue weighted by Gasteiger charge is -2.36. The van der Waals surface area contributed by atoms with Crippen LogP contribution in [0.25, 0.3) is 0 Å². The average molecular weight is 253 g/mol. The van der Waals surface area contributed by atoms with Crippen molar-refractivity contribution in [2.75, 3.05) is 37.6 Å². The molecule has 1 saturated heterocycles. The Morgan fingerprint density at radius 2 is 1.76 bits per heavy atom. The van der Waals surface area contributed by atoms with Gasteiger partial charge in [-0.05, 0) is 37.6 Å². The minimum absolute atomic E-state index is 0.917. The predicted octanol–water partition coefficient (Wildman–Crippen LogP) is 3.10. The fourth-order valence-electron chi connectivity index (χ4n) is 2.46. The first-order valence-corrected chi connectivity index (χ1v) is 6.74. The molecule has 3 heteroatoms. The molecule has 94 valence electrons. The predicted molar refractivity (Wildman–Crippen MR) is 75.3 cm³/mol. The van der Waals surface area contributed by atoms with E-state index in [1.807, 2.05) is 0 Å². The number of rotatable bonds is 2. The zero-order chi connectivity index (χ0) is 12.4. The molecule has 0 radical (unpaired) electrons. The van der Waals surface area contributed by atoms with Gasteiger partial charge in [-0.1, -0.05) is 24.6 Å². The number of nitrogens with zero attached hydrogens (tertiary/aromatic N) is 2. The number of likely N-dealkylation sites (N-methyl/N-ethyl adjacent to an activating group) is 1. The normalized spacial score (nSPS) is 17.5. The lowest BCUT2D eigenvalue weighted by Crippen LogP contribution is -2.46. The summed E-state index contributed by atoms with van der Waals surface area (Å²) in [5.74, 6) is 0. The molecule has 0 atom stereocenters. The molecule has 0 saturated carbocycles. The van der Waals surface area contributed by atoms with E-state index in [1.54, 1.807) is 0 Å². The summed E-state index contributed by atoms with van der Waals surface area (Å²) in [6, 6.07) is 4.33. The highest BCUT2D eigenvalue weighted by atomic mass is 35.5. The summed E-state index contributed by atoms with van der Waals surface area (Å²) in [6.07, 6.45) is 0. The molecule has 1 aromatic carbocycles. The minimum atomic E-state index is 0.917. The van der Waals surface area contributed by atoms with Gasteiger partial charge in [0.05, 0.1) is 0 Å². The van der Waals surface area contributed by atoms with E-state index in [0.717, 1.165) is 37.7 Å². The Balaban J connectivity index is 2.16. The van der Waals surface area contributed by atoms with Crippen molar-refractivity contribution in [2.24, 2.45) is 0 Å². The van der Waals surface area contributed by atoms with Crippen LogP contribution in [-0.4, -0.2) is 37.6 Å². The molecule has 0 spiro atoms. The van der Waals surface area contributed by atoms with Crippen LogP contribution in [0.15, 0.2) is 12.1 Å². The highest BCUT2D eigenvalue weighted by Gasteiger charge is 2.18. The molecule has 1 aromatic rings. The van der Waals surface area contributed by atoms with Gasteiger partial charge in [-0.25, -0.2) is 0 Å². The molecule has 1 aliphatic heterocycles. The van der Waals surface area contributed by atoms with Gasteiger partial charge in [0.25, 0.3) is 0 Å². The zero-order valence-electron chi connectivity index (χ0n) is 11.0. The third-order valence-electron chi connectivity index (χ3n) is 3.71. The molecule has 0 unspecified atom stereocenters. The second-order valence-electron chi connectivity index (χ2n) is 4.76. The maximum absolute atomic E-state index is 6.32. The van der Waals surface area contributed by atoms with Gasteiger partial charge < -0.3 is 9.80 Å². The molecule has 17 heavy (non-hydrogen) atoms. The van der Waals surface area contributed by atoms with Crippen molar-refractivity contribution < 1.29 is 0 Å². The first-order chi connectivity index (χ1) is 8.13. The van der Waals surface area contributed by atoms with Gasteiger partial charge in [-0.2, -0.15) is 0 Å². The second kappa shape index (κ2) is 5.28. The van der Waals surface area contributed by atoms with Crippen molar-refractivity contribution >= 4 is 17.3 Å². The number of halogens is 1. The second-order valence-corrected chi connectivity index (χ2v) is 5.14. The van der Waals surface area contributed by atoms with Crippen LogP contribution < -0.4 is 4.90 Å². The highest BCUT2D eigenvalue weighted by molar-refractivity contribution is 6.32. The van der Waals surface area contributed by atoms with Gasteiger partial charge in [0.2, 0.25) is 0 Å². The fourth-order valence-corrected chi connectivity index (χ4v) is 2.62. The first-order valence-electron chi connectivity index (χ1n) is 6.36. The lowest BCUT2D eigenvalue weighted by atomic mass is 10.1. The summed E-state index contributed by atoms with van der Waals surface area (Å²) >= 11 is 6.32. The van der Waals surface area contributed by atoms with Gasteiger partial charge >= 0.3 is 0 Å². The van der Waals surface area contributed by atoms with Crippen LogP contribution in [0.2, 0.25) is 5.02 Å². The monoisotopic (exact) mass is 252 g/mol. The maximum Gasteiger partial charge on any atom is 0.0485 e. The molecule has 2 rings (SSSR count). The summed E-state index contributed by atoms with van der Waals surface area (Å²) in [7, 11) is 0. The highest BCUT2D eigenvalue weighted by Crippen LogP contribution is 2.30. The molecular weight excluding hydrogens is 232 g/mol. The van der Waals surface area contributed by atoms with Gasteiger partial charge in [0.1, 0.15) is 0 Å². The summed E-state index contributed by atoms with van der Waals surface area (Å²) in [5, 5.41) is 0.917. The van der Waals surface area contributed by atoms with Crippen LogP contribution in [0.5, 0.6) is 0 Å². The van der Waals surface area contributed by atoms with Crippen LogP contribution in [0.4, 0.5) is 5.69 Å². The number of hydrogen-bond acceptors (Lipinski definition) is 2. The molecule has 1 fully saturated rings. The van der Waals surface area contributed by atoms with E-state index in [4.69, 9.17) is 11.6 Å². The van der Waals surface area contributed by atoms with E-state index in [1.165, 1.54) is 16.8 Å². The van der Waals surface area contributed by atoms with E-state index in [-0.39, 0.29) is 0 Å². The molecule has 1 heterocycles. The quantitative estimate of drug-likeness (QED) is 0.798. The minimum Gasteiger partial charge on any atom is -0.369 e. The number of piperazine rings is 1. The van der Waals surface area contributed by atoms with Gasteiger partial charge in [0.15, 0.2) is 0 Å². The van der Waals surface area contributed by atoms with Crippen LogP contribution in [0, 0.1) is 13.8 Å². The molecule has 1 aliphatic rings. The smallest absolute Gasteiger partial charge is 0.0485 e. The van der Waals surface area contributed by atoms with Gasteiger partial charge in [-0.3, -0.25) is 0 Å². The number of anilines is 1. The van der Waals surface area contributed by atoms with E-state index < -0.39 is 0 Å². The maximum atomic E-state index is 6.32. The Hall–Kier alpha value is -0.730. The van der Waals surface area contributed by atoms with Crippen LogP contribution >= 0.6 is 11.6 Å². The van der Waals surface area contributed by atoms with Crippen molar-refractivity contribution in [2.45, 2.75) is 20.8 Å². The summed E-state index contributed by atoms with van der Waals surface area (Å²) < 4.78 is 0. The molecular formula is C14H21ClN2. The van der Waals surface area contributed by atoms with E-state index in [2.05, 4.69) is 42.7 Å². The summed E-state index contributed by atoms with van der Waals surface area (Å²) in [4.78, 5) is 4.94. The van der Waals surface area contributed by atoms with Gasteiger partial charge in [-0.15, -0.1) is 0 Å². The Morgan fingerprint density at radius 1 is 1.12 bits per heavy atom. The molecule has 0 amide bonds. The van der Waals surface area contributed by atoms with Crippen molar-refractivity contribution in [3.05, 3.63) is 28.3 Å². The molecule has 0 aliphatic carbocycles. The number of benzene rings is 1. The Bertz CT molecular complexity index is 395. The average Bonchev–Trinajstić information content (AvgIpc) is 2.36.